The Morgan fingerprint density at radius 2 is 2.04 bits per heavy atom. The van der Waals surface area contributed by atoms with Crippen LogP contribution in [0.2, 0.25) is 5.02 Å². The third kappa shape index (κ3) is 3.71. The molecule has 0 spiro atoms. The highest BCUT2D eigenvalue weighted by atomic mass is 35.5. The normalized spacial score (nSPS) is 23.5. The van der Waals surface area contributed by atoms with Crippen molar-refractivity contribution in [1.82, 2.24) is 4.90 Å². The summed E-state index contributed by atoms with van der Waals surface area (Å²) in [5.74, 6) is 0.883. The largest absolute Gasteiger partial charge is 0.457 e. The molecule has 0 aliphatic carbocycles. The first-order valence-electron chi connectivity index (χ1n) is 8.16. The summed E-state index contributed by atoms with van der Waals surface area (Å²) in [5.41, 5.74) is 0.766. The van der Waals surface area contributed by atoms with Gasteiger partial charge in [0.1, 0.15) is 15.8 Å². The maximum absolute atomic E-state index is 12.7. The smallest absolute Gasteiger partial charge is 0.266 e. The number of furan rings is 1. The SMILES string of the molecule is O=C1/C(=C\c2ccc(-c3ccccc3Cl)o2)SC(=S)N1C1CCS(=O)(=O)C1. The third-order valence-corrected chi connectivity index (χ3v) is 7.85. The van der Waals surface area contributed by atoms with Gasteiger partial charge >= 0.3 is 0 Å². The van der Waals surface area contributed by atoms with Crippen LogP contribution in [0.15, 0.2) is 45.7 Å². The number of sulfone groups is 1. The fourth-order valence-electron chi connectivity index (χ4n) is 3.14. The zero-order chi connectivity index (χ0) is 19.2. The highest BCUT2D eigenvalue weighted by Gasteiger charge is 2.42. The number of rotatable bonds is 3. The minimum absolute atomic E-state index is 0.0376. The quantitative estimate of drug-likeness (QED) is 0.532. The van der Waals surface area contributed by atoms with Crippen LogP contribution in [-0.2, 0) is 14.6 Å². The molecule has 2 aromatic rings. The zero-order valence-corrected chi connectivity index (χ0v) is 17.1. The van der Waals surface area contributed by atoms with E-state index in [2.05, 4.69) is 0 Å². The lowest BCUT2D eigenvalue weighted by Crippen LogP contribution is -2.39. The Labute approximate surface area is 171 Å². The van der Waals surface area contributed by atoms with Gasteiger partial charge in [-0.05, 0) is 30.7 Å². The molecule has 1 aromatic heterocycles. The molecule has 9 heteroatoms. The van der Waals surface area contributed by atoms with Crippen molar-refractivity contribution >= 4 is 61.7 Å². The van der Waals surface area contributed by atoms with Gasteiger partial charge in [0.2, 0.25) is 0 Å². The monoisotopic (exact) mass is 439 g/mol. The van der Waals surface area contributed by atoms with Gasteiger partial charge in [0.25, 0.3) is 5.91 Å². The fourth-order valence-corrected chi connectivity index (χ4v) is 6.45. The van der Waals surface area contributed by atoms with Gasteiger partial charge < -0.3 is 4.42 Å². The number of benzene rings is 1. The second-order valence-electron chi connectivity index (χ2n) is 6.29. The van der Waals surface area contributed by atoms with Gasteiger partial charge in [-0.3, -0.25) is 9.69 Å². The molecule has 1 atom stereocenters. The van der Waals surface area contributed by atoms with Gasteiger partial charge in [0.05, 0.1) is 27.5 Å². The lowest BCUT2D eigenvalue weighted by molar-refractivity contribution is -0.123. The molecule has 2 saturated heterocycles. The maximum atomic E-state index is 12.7. The molecule has 5 nitrogen and oxygen atoms in total. The predicted octanol–water partition coefficient (Wildman–Crippen LogP) is 3.99. The maximum Gasteiger partial charge on any atom is 0.266 e. The van der Waals surface area contributed by atoms with E-state index in [1.165, 1.54) is 4.90 Å². The standard InChI is InChI=1S/C18H14ClNO4S3/c19-14-4-2-1-3-13(14)15-6-5-12(24-15)9-16-17(21)20(18(25)26-16)11-7-8-27(22,23)10-11/h1-6,9,11H,7-8,10H2/b16-9+. The summed E-state index contributed by atoms with van der Waals surface area (Å²) in [6.45, 7) is 0. The van der Waals surface area contributed by atoms with Crippen molar-refractivity contribution in [2.75, 3.05) is 11.5 Å². The van der Waals surface area contributed by atoms with Crippen molar-refractivity contribution in [2.45, 2.75) is 12.5 Å². The fraction of sp³-hybridized carbons (Fsp3) is 0.222. The van der Waals surface area contributed by atoms with Gasteiger partial charge in [-0.1, -0.05) is 47.7 Å². The summed E-state index contributed by atoms with van der Waals surface area (Å²) >= 11 is 12.7. The summed E-state index contributed by atoms with van der Waals surface area (Å²) < 4.78 is 29.6. The summed E-state index contributed by atoms with van der Waals surface area (Å²) in [7, 11) is -3.10. The zero-order valence-electron chi connectivity index (χ0n) is 13.9. The number of hydrogen-bond acceptors (Lipinski definition) is 6. The van der Waals surface area contributed by atoms with E-state index < -0.39 is 9.84 Å². The summed E-state index contributed by atoms with van der Waals surface area (Å²) in [6, 6.07) is 10.5. The van der Waals surface area contributed by atoms with Gasteiger partial charge in [0, 0.05) is 11.6 Å². The molecule has 27 heavy (non-hydrogen) atoms. The topological polar surface area (TPSA) is 67.6 Å². The van der Waals surface area contributed by atoms with Crippen LogP contribution >= 0.6 is 35.6 Å². The van der Waals surface area contributed by atoms with Crippen molar-refractivity contribution < 1.29 is 17.6 Å². The van der Waals surface area contributed by atoms with Crippen LogP contribution in [-0.4, -0.2) is 41.1 Å². The Balaban J connectivity index is 1.58. The predicted molar refractivity (Wildman–Crippen MR) is 111 cm³/mol. The molecular weight excluding hydrogens is 426 g/mol. The van der Waals surface area contributed by atoms with Crippen LogP contribution in [0.1, 0.15) is 12.2 Å². The average molecular weight is 440 g/mol. The van der Waals surface area contributed by atoms with Gasteiger partial charge in [-0.25, -0.2) is 8.42 Å². The van der Waals surface area contributed by atoms with E-state index in [9.17, 15) is 13.2 Å². The van der Waals surface area contributed by atoms with Gasteiger partial charge in [-0.15, -0.1) is 0 Å². The number of hydrogen-bond donors (Lipinski definition) is 0. The number of thiocarbonyl (C=S) groups is 1. The molecule has 4 rings (SSSR count). The van der Waals surface area contributed by atoms with Crippen molar-refractivity contribution in [3.05, 3.63) is 52.1 Å². The Hall–Kier alpha value is -1.61. The van der Waals surface area contributed by atoms with E-state index >= 15 is 0 Å². The minimum Gasteiger partial charge on any atom is -0.457 e. The summed E-state index contributed by atoms with van der Waals surface area (Å²) in [5, 5.41) is 0.576. The van der Waals surface area contributed by atoms with Crippen LogP contribution < -0.4 is 0 Å². The van der Waals surface area contributed by atoms with E-state index in [-0.39, 0.29) is 23.5 Å². The Morgan fingerprint density at radius 3 is 2.74 bits per heavy atom. The van der Waals surface area contributed by atoms with Crippen molar-refractivity contribution in [2.24, 2.45) is 0 Å². The second-order valence-corrected chi connectivity index (χ2v) is 10.6. The van der Waals surface area contributed by atoms with Crippen LogP contribution in [0.25, 0.3) is 17.4 Å². The lowest BCUT2D eigenvalue weighted by Gasteiger charge is -2.20. The number of halogens is 1. The number of nitrogens with zero attached hydrogens (tertiary/aromatic N) is 1. The molecular formula is C18H14ClNO4S3. The van der Waals surface area contributed by atoms with Crippen LogP contribution in [0.3, 0.4) is 0 Å². The molecule has 1 unspecified atom stereocenters. The molecule has 2 fully saturated rings. The molecule has 2 aliphatic rings. The molecule has 0 radical (unpaired) electrons. The molecule has 1 amide bonds. The molecule has 2 aliphatic heterocycles. The Bertz CT molecular complexity index is 1070. The molecule has 0 bridgehead atoms. The van der Waals surface area contributed by atoms with Crippen molar-refractivity contribution in [3.8, 4) is 11.3 Å². The number of amides is 1. The summed E-state index contributed by atoms with van der Waals surface area (Å²) in [6.07, 6.45) is 2.04. The van der Waals surface area contributed by atoms with Crippen LogP contribution in [0.5, 0.6) is 0 Å². The number of thioether (sulfide) groups is 1. The van der Waals surface area contributed by atoms with E-state index in [0.717, 1.165) is 17.3 Å². The van der Waals surface area contributed by atoms with Crippen molar-refractivity contribution in [1.29, 1.82) is 0 Å². The Morgan fingerprint density at radius 1 is 1.26 bits per heavy atom. The average Bonchev–Trinajstić information content (AvgIpc) is 3.27. The first-order chi connectivity index (χ1) is 12.8. The molecule has 140 valence electrons. The van der Waals surface area contributed by atoms with Crippen LogP contribution in [0, 0.1) is 0 Å². The number of carbonyl (C=O) groups excluding carboxylic acids is 1. The van der Waals surface area contributed by atoms with E-state index in [4.69, 9.17) is 28.2 Å². The minimum atomic E-state index is -3.10. The third-order valence-electron chi connectivity index (χ3n) is 4.44. The lowest BCUT2D eigenvalue weighted by atomic mass is 10.2. The first kappa shape index (κ1) is 18.7. The Kier molecular flexibility index (Phi) is 4.92. The molecule has 3 heterocycles. The van der Waals surface area contributed by atoms with E-state index in [1.807, 2.05) is 18.2 Å². The number of carbonyl (C=O) groups is 1. The van der Waals surface area contributed by atoms with Gasteiger partial charge in [-0.2, -0.15) is 0 Å². The first-order valence-corrected chi connectivity index (χ1v) is 11.6. The van der Waals surface area contributed by atoms with E-state index in [0.29, 0.717) is 32.2 Å². The second kappa shape index (κ2) is 7.09. The highest BCUT2D eigenvalue weighted by molar-refractivity contribution is 8.26. The van der Waals surface area contributed by atoms with E-state index in [1.54, 1.807) is 24.3 Å². The summed E-state index contributed by atoms with van der Waals surface area (Å²) in [4.78, 5) is 14.6. The molecule has 0 N–H and O–H groups in total. The van der Waals surface area contributed by atoms with Crippen LogP contribution in [0.4, 0.5) is 0 Å². The molecule has 1 aromatic carbocycles. The van der Waals surface area contributed by atoms with Crippen molar-refractivity contribution in [3.63, 3.8) is 0 Å². The highest BCUT2D eigenvalue weighted by Crippen LogP contribution is 2.37. The molecule has 0 saturated carbocycles. The van der Waals surface area contributed by atoms with Gasteiger partial charge in [0.15, 0.2) is 9.84 Å².